The van der Waals surface area contributed by atoms with E-state index in [1.165, 1.54) is 18.2 Å². The Hall–Kier alpha value is -3.55. The highest BCUT2D eigenvalue weighted by Gasteiger charge is 2.18. The summed E-state index contributed by atoms with van der Waals surface area (Å²) in [5, 5.41) is 3.36. The summed E-state index contributed by atoms with van der Waals surface area (Å²) < 4.78 is 10.2. The van der Waals surface area contributed by atoms with Crippen LogP contribution in [0.1, 0.15) is 16.1 Å². The first kappa shape index (κ1) is 18.2. The van der Waals surface area contributed by atoms with E-state index in [1.807, 2.05) is 18.2 Å². The third-order valence-electron chi connectivity index (χ3n) is 3.98. The van der Waals surface area contributed by atoms with Crippen LogP contribution in [0.25, 0.3) is 10.9 Å². The molecule has 0 spiro atoms. The smallest absolute Gasteiger partial charge is 0.340 e. The molecule has 8 nitrogen and oxygen atoms in total. The Kier molecular flexibility index (Phi) is 5.55. The van der Waals surface area contributed by atoms with Gasteiger partial charge in [-0.2, -0.15) is 0 Å². The van der Waals surface area contributed by atoms with E-state index in [1.54, 1.807) is 24.4 Å². The number of ether oxygens (including phenoxy) is 1. The molecule has 0 bridgehead atoms. The highest BCUT2D eigenvalue weighted by molar-refractivity contribution is 6.04. The van der Waals surface area contributed by atoms with Crippen LogP contribution >= 0.6 is 0 Å². The van der Waals surface area contributed by atoms with Crippen LogP contribution < -0.4 is 5.32 Å². The first-order valence-corrected chi connectivity index (χ1v) is 8.31. The first-order valence-electron chi connectivity index (χ1n) is 8.31. The number of carbonyl (C=O) groups is 3. The molecule has 27 heavy (non-hydrogen) atoms. The van der Waals surface area contributed by atoms with Crippen molar-refractivity contribution >= 4 is 28.7 Å². The van der Waals surface area contributed by atoms with Crippen LogP contribution in [0.2, 0.25) is 0 Å². The second-order valence-corrected chi connectivity index (χ2v) is 5.93. The Bertz CT molecular complexity index is 945. The molecule has 0 aliphatic rings. The van der Waals surface area contributed by atoms with E-state index in [-0.39, 0.29) is 19.0 Å². The molecule has 1 aromatic carbocycles. The molecule has 2 heterocycles. The van der Waals surface area contributed by atoms with Crippen LogP contribution in [-0.2, 0) is 20.9 Å². The third-order valence-corrected chi connectivity index (χ3v) is 3.98. The third kappa shape index (κ3) is 4.55. The predicted octanol–water partition coefficient (Wildman–Crippen LogP) is 1.69. The van der Waals surface area contributed by atoms with Crippen molar-refractivity contribution in [2.24, 2.45) is 0 Å². The minimum absolute atomic E-state index is 0.149. The van der Waals surface area contributed by atoms with Crippen molar-refractivity contribution in [3.63, 3.8) is 0 Å². The number of furan rings is 1. The minimum atomic E-state index is -0.600. The topological polar surface area (TPSA) is 105 Å². The van der Waals surface area contributed by atoms with Crippen molar-refractivity contribution in [3.05, 3.63) is 60.2 Å². The summed E-state index contributed by atoms with van der Waals surface area (Å²) in [5.41, 5.74) is 1.17. The lowest BCUT2D eigenvalue weighted by Gasteiger charge is -2.16. The number of hydrogen-bond donors (Lipinski definition) is 2. The molecule has 140 valence electrons. The van der Waals surface area contributed by atoms with Gasteiger partial charge in [-0.05, 0) is 18.2 Å². The van der Waals surface area contributed by atoms with Crippen molar-refractivity contribution in [3.8, 4) is 0 Å². The zero-order chi connectivity index (χ0) is 19.2. The summed E-state index contributed by atoms with van der Waals surface area (Å²) in [6.07, 6.45) is 3.06. The number of aromatic nitrogens is 1. The summed E-state index contributed by atoms with van der Waals surface area (Å²) in [7, 11) is 1.47. The van der Waals surface area contributed by atoms with E-state index in [4.69, 9.17) is 9.15 Å². The van der Waals surface area contributed by atoms with E-state index < -0.39 is 18.5 Å². The van der Waals surface area contributed by atoms with E-state index in [2.05, 4.69) is 10.3 Å². The minimum Gasteiger partial charge on any atom is -0.467 e. The molecule has 0 atom stereocenters. The van der Waals surface area contributed by atoms with Crippen molar-refractivity contribution in [2.45, 2.75) is 6.54 Å². The Morgan fingerprint density at radius 3 is 2.78 bits per heavy atom. The van der Waals surface area contributed by atoms with Crippen molar-refractivity contribution in [2.75, 3.05) is 20.2 Å². The number of para-hydroxylation sites is 1. The fraction of sp³-hybridized carbons (Fsp3) is 0.211. The van der Waals surface area contributed by atoms with Crippen LogP contribution in [0.5, 0.6) is 0 Å². The highest BCUT2D eigenvalue weighted by Crippen LogP contribution is 2.18. The van der Waals surface area contributed by atoms with E-state index in [9.17, 15) is 14.4 Å². The maximum atomic E-state index is 12.2. The predicted molar refractivity (Wildman–Crippen MR) is 96.8 cm³/mol. The summed E-state index contributed by atoms with van der Waals surface area (Å²) in [6.45, 7) is -0.353. The fourth-order valence-corrected chi connectivity index (χ4v) is 2.51. The largest absolute Gasteiger partial charge is 0.467 e. The second-order valence-electron chi connectivity index (χ2n) is 5.93. The van der Waals surface area contributed by atoms with Gasteiger partial charge in [0.25, 0.3) is 5.91 Å². The molecule has 2 N–H and O–H groups in total. The number of esters is 1. The molecule has 2 amide bonds. The summed E-state index contributed by atoms with van der Waals surface area (Å²) in [6, 6.07) is 10.8. The van der Waals surface area contributed by atoms with Crippen LogP contribution in [0, 0.1) is 0 Å². The standard InChI is InChI=1S/C19H19N3O5/c1-22(11-17(23)21-9-13-5-4-8-26-13)18(24)12-27-19(25)15-10-20-16-7-3-2-6-14(15)16/h2-8,10,20H,9,11-12H2,1H3,(H,21,23). The second kappa shape index (κ2) is 8.22. The monoisotopic (exact) mass is 369 g/mol. The van der Waals surface area contributed by atoms with E-state index >= 15 is 0 Å². The molecule has 0 aliphatic heterocycles. The number of likely N-dealkylation sites (N-methyl/N-ethyl adjacent to an activating group) is 1. The molecular formula is C19H19N3O5. The Labute approximate surface area is 155 Å². The number of amides is 2. The van der Waals surface area contributed by atoms with E-state index in [0.717, 1.165) is 10.9 Å². The number of nitrogens with one attached hydrogen (secondary N) is 2. The van der Waals surface area contributed by atoms with Crippen LogP contribution in [0.3, 0.4) is 0 Å². The number of fused-ring (bicyclic) bond motifs is 1. The van der Waals surface area contributed by atoms with Gasteiger partial charge in [0.05, 0.1) is 24.9 Å². The van der Waals surface area contributed by atoms with Crippen molar-refractivity contribution in [1.29, 1.82) is 0 Å². The lowest BCUT2D eigenvalue weighted by atomic mass is 10.2. The lowest BCUT2D eigenvalue weighted by Crippen LogP contribution is -2.39. The van der Waals surface area contributed by atoms with E-state index in [0.29, 0.717) is 11.3 Å². The van der Waals surface area contributed by atoms with Gasteiger partial charge in [-0.25, -0.2) is 4.79 Å². The van der Waals surface area contributed by atoms with Crippen molar-refractivity contribution in [1.82, 2.24) is 15.2 Å². The number of H-pyrrole nitrogens is 1. The average Bonchev–Trinajstić information content (AvgIpc) is 3.33. The van der Waals surface area contributed by atoms with Crippen LogP contribution in [0.4, 0.5) is 0 Å². The fourth-order valence-electron chi connectivity index (χ4n) is 2.51. The molecule has 8 heteroatoms. The molecule has 0 saturated carbocycles. The number of nitrogens with zero attached hydrogens (tertiary/aromatic N) is 1. The SMILES string of the molecule is CN(CC(=O)NCc1ccco1)C(=O)COC(=O)c1c[nH]c2ccccc12. The molecule has 0 aliphatic carbocycles. The molecule has 0 unspecified atom stereocenters. The Balaban J connectivity index is 1.46. The maximum Gasteiger partial charge on any atom is 0.340 e. The summed E-state index contributed by atoms with van der Waals surface area (Å²) in [4.78, 5) is 40.3. The van der Waals surface area contributed by atoms with Gasteiger partial charge >= 0.3 is 5.97 Å². The van der Waals surface area contributed by atoms with Gasteiger partial charge in [-0.1, -0.05) is 18.2 Å². The maximum absolute atomic E-state index is 12.2. The molecule has 0 saturated heterocycles. The van der Waals surface area contributed by atoms with Gasteiger partial charge in [0.2, 0.25) is 5.91 Å². The summed E-state index contributed by atoms with van der Waals surface area (Å²) in [5.74, 6) is -0.803. The summed E-state index contributed by atoms with van der Waals surface area (Å²) >= 11 is 0. The van der Waals surface area contributed by atoms with Crippen LogP contribution in [0.15, 0.2) is 53.3 Å². The molecular weight excluding hydrogens is 350 g/mol. The zero-order valence-electron chi connectivity index (χ0n) is 14.7. The highest BCUT2D eigenvalue weighted by atomic mass is 16.5. The normalized spacial score (nSPS) is 10.6. The van der Waals surface area contributed by atoms with Crippen LogP contribution in [-0.4, -0.2) is 47.9 Å². The van der Waals surface area contributed by atoms with Gasteiger partial charge in [0.15, 0.2) is 6.61 Å². The molecule has 0 radical (unpaired) electrons. The molecule has 2 aromatic heterocycles. The van der Waals surface area contributed by atoms with Gasteiger partial charge in [-0.15, -0.1) is 0 Å². The first-order chi connectivity index (χ1) is 13.0. The lowest BCUT2D eigenvalue weighted by molar-refractivity contribution is -0.137. The Morgan fingerprint density at radius 2 is 2.00 bits per heavy atom. The molecule has 3 rings (SSSR count). The number of carbonyl (C=O) groups excluding carboxylic acids is 3. The number of aromatic amines is 1. The molecule has 3 aromatic rings. The number of benzene rings is 1. The molecule has 0 fully saturated rings. The quantitative estimate of drug-likeness (QED) is 0.617. The van der Waals surface area contributed by atoms with Gasteiger partial charge < -0.3 is 24.4 Å². The Morgan fingerprint density at radius 1 is 1.19 bits per heavy atom. The number of rotatable bonds is 7. The number of hydrogen-bond acceptors (Lipinski definition) is 5. The van der Waals surface area contributed by atoms with Gasteiger partial charge in [0.1, 0.15) is 5.76 Å². The van der Waals surface area contributed by atoms with Crippen molar-refractivity contribution < 1.29 is 23.5 Å². The zero-order valence-corrected chi connectivity index (χ0v) is 14.7. The van der Waals surface area contributed by atoms with Gasteiger partial charge in [-0.3, -0.25) is 9.59 Å². The van der Waals surface area contributed by atoms with Gasteiger partial charge in [0, 0.05) is 24.1 Å². The average molecular weight is 369 g/mol.